The Kier molecular flexibility index (Phi) is 5.00. The van der Waals surface area contributed by atoms with Gasteiger partial charge in [-0.05, 0) is 30.7 Å². The van der Waals surface area contributed by atoms with E-state index in [4.69, 9.17) is 0 Å². The van der Waals surface area contributed by atoms with Gasteiger partial charge >= 0.3 is 6.18 Å². The summed E-state index contributed by atoms with van der Waals surface area (Å²) in [5.74, 6) is 0.215. The molecule has 0 aliphatic carbocycles. The van der Waals surface area contributed by atoms with Gasteiger partial charge in [0.2, 0.25) is 5.91 Å². The Bertz CT molecular complexity index is 1370. The van der Waals surface area contributed by atoms with Gasteiger partial charge in [-0.3, -0.25) is 19.3 Å². The summed E-state index contributed by atoms with van der Waals surface area (Å²) in [6.07, 6.45) is -3.03. The number of aryl methyl sites for hydroxylation is 1. The molecule has 3 heterocycles. The predicted octanol–water partition coefficient (Wildman–Crippen LogP) is 4.16. The minimum Gasteiger partial charge on any atom is -0.311 e. The quantitative estimate of drug-likeness (QED) is 0.510. The van der Waals surface area contributed by atoms with Crippen molar-refractivity contribution >= 4 is 33.5 Å². The number of aromatic nitrogens is 4. The Morgan fingerprint density at radius 1 is 1.19 bits per heavy atom. The number of anilines is 1. The summed E-state index contributed by atoms with van der Waals surface area (Å²) in [5.41, 5.74) is 1.61. The van der Waals surface area contributed by atoms with E-state index in [9.17, 15) is 22.8 Å². The van der Waals surface area contributed by atoms with E-state index >= 15 is 0 Å². The number of rotatable bonds is 4. The molecule has 0 bridgehead atoms. The Morgan fingerprint density at radius 3 is 2.65 bits per heavy atom. The summed E-state index contributed by atoms with van der Waals surface area (Å²) in [7, 11) is 0. The van der Waals surface area contributed by atoms with Gasteiger partial charge in [-0.15, -0.1) is 0 Å². The third kappa shape index (κ3) is 3.88. The highest BCUT2D eigenvalue weighted by atomic mass is 19.4. The molecule has 31 heavy (non-hydrogen) atoms. The minimum absolute atomic E-state index is 0.0957. The molecule has 2 N–H and O–H groups in total. The number of alkyl halides is 3. The molecule has 10 heteroatoms. The number of nitrogens with one attached hydrogen (secondary N) is 2. The van der Waals surface area contributed by atoms with Crippen LogP contribution in [0.5, 0.6) is 0 Å². The van der Waals surface area contributed by atoms with Crippen molar-refractivity contribution in [1.29, 1.82) is 0 Å². The third-order valence-electron chi connectivity index (χ3n) is 5.00. The third-order valence-corrected chi connectivity index (χ3v) is 5.00. The monoisotopic (exact) mass is 429 g/mol. The zero-order chi connectivity index (χ0) is 22.3. The van der Waals surface area contributed by atoms with Crippen LogP contribution >= 0.6 is 0 Å². The van der Waals surface area contributed by atoms with Gasteiger partial charge < -0.3 is 5.32 Å². The number of fused-ring (bicyclic) bond motifs is 3. The van der Waals surface area contributed by atoms with Crippen LogP contribution in [0.4, 0.5) is 19.0 Å². The number of nitrogens with zero attached hydrogens (tertiary/aromatic N) is 3. The number of hydrogen-bond acceptors (Lipinski definition) is 4. The van der Waals surface area contributed by atoms with Gasteiger partial charge in [0, 0.05) is 23.1 Å². The number of halogens is 3. The van der Waals surface area contributed by atoms with Crippen molar-refractivity contribution < 1.29 is 18.0 Å². The number of aromatic amines is 1. The minimum atomic E-state index is -4.57. The summed E-state index contributed by atoms with van der Waals surface area (Å²) < 4.78 is 40.4. The number of benzene rings is 1. The fourth-order valence-corrected chi connectivity index (χ4v) is 3.55. The molecule has 7 nitrogen and oxygen atoms in total. The number of carbonyl (C=O) groups is 1. The van der Waals surface area contributed by atoms with E-state index in [0.29, 0.717) is 40.0 Å². The second-order valence-electron chi connectivity index (χ2n) is 7.13. The largest absolute Gasteiger partial charge is 0.406 e. The number of H-pyrrole nitrogens is 1. The average Bonchev–Trinajstić information content (AvgIpc) is 3.20. The van der Waals surface area contributed by atoms with Crippen molar-refractivity contribution in [3.05, 3.63) is 52.6 Å². The Hall–Kier alpha value is -3.69. The second kappa shape index (κ2) is 7.53. The van der Waals surface area contributed by atoms with Crippen LogP contribution in [-0.2, 0) is 11.3 Å². The predicted molar refractivity (Wildman–Crippen MR) is 111 cm³/mol. The summed E-state index contributed by atoms with van der Waals surface area (Å²) in [4.78, 5) is 28.7. The molecule has 0 spiro atoms. The van der Waals surface area contributed by atoms with Crippen molar-refractivity contribution in [2.24, 2.45) is 0 Å². The van der Waals surface area contributed by atoms with Crippen molar-refractivity contribution in [1.82, 2.24) is 19.7 Å². The molecule has 0 saturated carbocycles. The zero-order valence-corrected chi connectivity index (χ0v) is 16.7. The second-order valence-corrected chi connectivity index (χ2v) is 7.13. The number of carbonyl (C=O) groups excluding carboxylic acids is 1. The molecule has 0 unspecified atom stereocenters. The molecular weight excluding hydrogens is 411 g/mol. The van der Waals surface area contributed by atoms with Gasteiger partial charge in [-0.1, -0.05) is 19.1 Å². The highest BCUT2D eigenvalue weighted by Gasteiger charge is 2.30. The van der Waals surface area contributed by atoms with E-state index < -0.39 is 18.3 Å². The Morgan fingerprint density at radius 2 is 1.97 bits per heavy atom. The normalized spacial score (nSPS) is 11.9. The van der Waals surface area contributed by atoms with Crippen LogP contribution in [0.25, 0.3) is 32.9 Å². The molecule has 0 aliphatic heterocycles. The van der Waals surface area contributed by atoms with Gasteiger partial charge in [0.15, 0.2) is 0 Å². The van der Waals surface area contributed by atoms with E-state index in [1.165, 1.54) is 12.3 Å². The van der Waals surface area contributed by atoms with Crippen LogP contribution in [-0.4, -0.2) is 31.8 Å². The lowest BCUT2D eigenvalue weighted by atomic mass is 10.0. The fraction of sp³-hybridized carbons (Fsp3) is 0.238. The van der Waals surface area contributed by atoms with Crippen molar-refractivity contribution in [2.75, 3.05) is 5.32 Å². The van der Waals surface area contributed by atoms with E-state index in [2.05, 4.69) is 20.5 Å². The topological polar surface area (TPSA) is 92.7 Å². The summed E-state index contributed by atoms with van der Waals surface area (Å²) in [6, 6.07) is 8.30. The molecule has 0 atom stereocenters. The first-order valence-corrected chi connectivity index (χ1v) is 9.52. The van der Waals surface area contributed by atoms with Crippen molar-refractivity contribution in [2.45, 2.75) is 33.0 Å². The molecule has 1 amide bonds. The molecule has 4 aromatic rings. The van der Waals surface area contributed by atoms with E-state index in [1.807, 2.05) is 0 Å². The molecule has 0 fully saturated rings. The molecule has 160 valence electrons. The summed E-state index contributed by atoms with van der Waals surface area (Å²) in [5, 5.41) is 9.74. The van der Waals surface area contributed by atoms with Gasteiger partial charge in [0.05, 0.1) is 22.6 Å². The van der Waals surface area contributed by atoms with Crippen molar-refractivity contribution in [3.8, 4) is 11.1 Å². The van der Waals surface area contributed by atoms with Crippen LogP contribution in [0.1, 0.15) is 19.0 Å². The zero-order valence-electron chi connectivity index (χ0n) is 16.7. The van der Waals surface area contributed by atoms with Crippen LogP contribution in [0.2, 0.25) is 0 Å². The van der Waals surface area contributed by atoms with E-state index in [-0.39, 0.29) is 16.8 Å². The first-order valence-electron chi connectivity index (χ1n) is 9.52. The highest BCUT2D eigenvalue weighted by Crippen LogP contribution is 2.30. The summed E-state index contributed by atoms with van der Waals surface area (Å²) >= 11 is 0. The Balaban J connectivity index is 1.89. The molecule has 1 aromatic carbocycles. The molecular formula is C21H18F3N5O2. The first-order chi connectivity index (χ1) is 14.7. The van der Waals surface area contributed by atoms with Gasteiger partial charge in [0.1, 0.15) is 12.4 Å². The first kappa shape index (κ1) is 20.6. The lowest BCUT2D eigenvalue weighted by Crippen LogP contribution is -2.28. The van der Waals surface area contributed by atoms with Gasteiger partial charge in [0.25, 0.3) is 5.56 Å². The fourth-order valence-electron chi connectivity index (χ4n) is 3.55. The molecule has 3 aromatic heterocycles. The van der Waals surface area contributed by atoms with Crippen LogP contribution < -0.4 is 10.9 Å². The maximum atomic E-state index is 13.2. The van der Waals surface area contributed by atoms with Crippen LogP contribution in [0.3, 0.4) is 0 Å². The number of amides is 1. The summed E-state index contributed by atoms with van der Waals surface area (Å²) in [6.45, 7) is 2.05. The molecule has 0 saturated heterocycles. The molecule has 0 radical (unpaired) electrons. The maximum Gasteiger partial charge on any atom is 0.406 e. The molecule has 0 aliphatic rings. The lowest BCUT2D eigenvalue weighted by Gasteiger charge is -2.15. The smallest absolute Gasteiger partial charge is 0.311 e. The average molecular weight is 429 g/mol. The van der Waals surface area contributed by atoms with Gasteiger partial charge in [-0.25, -0.2) is 4.98 Å². The van der Waals surface area contributed by atoms with E-state index in [0.717, 1.165) is 4.57 Å². The van der Waals surface area contributed by atoms with E-state index in [1.54, 1.807) is 38.1 Å². The van der Waals surface area contributed by atoms with Crippen molar-refractivity contribution in [3.63, 3.8) is 0 Å². The van der Waals surface area contributed by atoms with Crippen LogP contribution in [0, 0.1) is 6.92 Å². The van der Waals surface area contributed by atoms with Gasteiger partial charge in [-0.2, -0.15) is 18.3 Å². The Labute approximate surface area is 173 Å². The highest BCUT2D eigenvalue weighted by molar-refractivity contribution is 6.04. The lowest BCUT2D eigenvalue weighted by molar-refractivity contribution is -0.140. The maximum absolute atomic E-state index is 13.2. The number of hydrogen-bond donors (Lipinski definition) is 2. The van der Waals surface area contributed by atoms with Crippen LogP contribution in [0.15, 0.2) is 41.3 Å². The standard InChI is InChI=1S/C21H18F3N5O2/c1-3-18(30)27-17-7-6-13(11(2)26-17)12-4-5-14-16(8-12)29(10-21(22,23)24)20(31)15-9-25-28-19(14)15/h4-9H,3,10H2,1-2H3,(H,25,28)(H,26,27,30). The molecule has 4 rings (SSSR count). The SMILES string of the molecule is CCC(=O)Nc1ccc(-c2ccc3c4[nH]ncc4c(=O)n(CC(F)(F)F)c3c2)c(C)n1. The number of pyridine rings is 2.